The molecule has 0 aliphatic rings. The van der Waals surface area contributed by atoms with E-state index in [4.69, 9.17) is 10.5 Å². The van der Waals surface area contributed by atoms with Gasteiger partial charge in [0.15, 0.2) is 0 Å². The van der Waals surface area contributed by atoms with Gasteiger partial charge in [-0.05, 0) is 49.2 Å². The Bertz CT molecular complexity index is 641. The molecule has 2 rings (SSSR count). The van der Waals surface area contributed by atoms with Crippen LogP contribution < -0.4 is 15.4 Å². The molecule has 0 fully saturated rings. The molecule has 0 spiro atoms. The zero-order valence-corrected chi connectivity index (χ0v) is 12.9. The molecule has 2 N–H and O–H groups in total. The smallest absolute Gasteiger partial charge is 0.126 e. The molecular formula is C17H21FN2O. The van der Waals surface area contributed by atoms with Gasteiger partial charge in [0.05, 0.1) is 7.11 Å². The largest absolute Gasteiger partial charge is 0.497 e. The van der Waals surface area contributed by atoms with E-state index in [0.29, 0.717) is 5.56 Å². The third kappa shape index (κ3) is 3.16. The molecule has 0 radical (unpaired) electrons. The molecule has 0 saturated heterocycles. The quantitative estimate of drug-likeness (QED) is 0.926. The van der Waals surface area contributed by atoms with Gasteiger partial charge in [-0.3, -0.25) is 0 Å². The van der Waals surface area contributed by atoms with Gasteiger partial charge in [-0.2, -0.15) is 0 Å². The number of rotatable bonds is 4. The standard InChI is InChI=1S/C17H21FN2O/c1-11-8-17(15(12(2)19)10-16(11)18)20(3)13-6-5-7-14(9-13)21-4/h5-10,12H,19H2,1-4H3/t12-/m1/s1. The van der Waals surface area contributed by atoms with Crippen molar-refractivity contribution in [2.24, 2.45) is 5.73 Å². The van der Waals surface area contributed by atoms with Gasteiger partial charge in [-0.1, -0.05) is 6.07 Å². The Hall–Kier alpha value is -2.07. The van der Waals surface area contributed by atoms with Crippen LogP contribution in [0, 0.1) is 12.7 Å². The van der Waals surface area contributed by atoms with E-state index in [-0.39, 0.29) is 11.9 Å². The van der Waals surface area contributed by atoms with Crippen molar-refractivity contribution in [3.05, 3.63) is 53.3 Å². The summed E-state index contributed by atoms with van der Waals surface area (Å²) in [6, 6.07) is 10.8. The van der Waals surface area contributed by atoms with Crippen molar-refractivity contribution < 1.29 is 9.13 Å². The van der Waals surface area contributed by atoms with E-state index in [9.17, 15) is 4.39 Å². The fourth-order valence-corrected chi connectivity index (χ4v) is 2.30. The van der Waals surface area contributed by atoms with Crippen LogP contribution in [0.1, 0.15) is 24.1 Å². The van der Waals surface area contributed by atoms with Crippen LogP contribution in [0.4, 0.5) is 15.8 Å². The first-order chi connectivity index (χ1) is 9.93. The topological polar surface area (TPSA) is 38.5 Å². The summed E-state index contributed by atoms with van der Waals surface area (Å²) in [7, 11) is 3.57. The zero-order valence-electron chi connectivity index (χ0n) is 12.9. The lowest BCUT2D eigenvalue weighted by molar-refractivity contribution is 0.415. The summed E-state index contributed by atoms with van der Waals surface area (Å²) in [4.78, 5) is 1.99. The number of aryl methyl sites for hydroxylation is 1. The van der Waals surface area contributed by atoms with E-state index in [2.05, 4.69) is 0 Å². The Balaban J connectivity index is 2.51. The van der Waals surface area contributed by atoms with Crippen LogP contribution in [0.3, 0.4) is 0 Å². The van der Waals surface area contributed by atoms with Gasteiger partial charge < -0.3 is 15.4 Å². The summed E-state index contributed by atoms with van der Waals surface area (Å²) in [5.74, 6) is 0.547. The molecule has 0 aliphatic heterocycles. The first-order valence-electron chi connectivity index (χ1n) is 6.87. The van der Waals surface area contributed by atoms with E-state index < -0.39 is 0 Å². The van der Waals surface area contributed by atoms with E-state index in [0.717, 1.165) is 22.7 Å². The SMILES string of the molecule is COc1cccc(N(C)c2cc(C)c(F)cc2[C@@H](C)N)c1. The summed E-state index contributed by atoms with van der Waals surface area (Å²) in [5.41, 5.74) is 9.23. The van der Waals surface area contributed by atoms with Gasteiger partial charge in [-0.25, -0.2) is 4.39 Å². The van der Waals surface area contributed by atoms with E-state index >= 15 is 0 Å². The summed E-state index contributed by atoms with van der Waals surface area (Å²) >= 11 is 0. The van der Waals surface area contributed by atoms with Gasteiger partial charge in [0.2, 0.25) is 0 Å². The molecule has 0 aliphatic carbocycles. The van der Waals surface area contributed by atoms with Crippen molar-refractivity contribution in [2.75, 3.05) is 19.1 Å². The van der Waals surface area contributed by atoms with Gasteiger partial charge in [0, 0.05) is 30.5 Å². The highest BCUT2D eigenvalue weighted by molar-refractivity contribution is 5.68. The number of nitrogens with zero attached hydrogens (tertiary/aromatic N) is 1. The molecule has 4 heteroatoms. The number of anilines is 2. The Morgan fingerprint density at radius 2 is 1.95 bits per heavy atom. The second-order valence-electron chi connectivity index (χ2n) is 5.21. The third-order valence-corrected chi connectivity index (χ3v) is 3.60. The second kappa shape index (κ2) is 6.14. The lowest BCUT2D eigenvalue weighted by atomic mass is 10.0. The van der Waals surface area contributed by atoms with Crippen LogP contribution in [0.15, 0.2) is 36.4 Å². The first kappa shape index (κ1) is 15.3. The normalized spacial score (nSPS) is 12.1. The summed E-state index contributed by atoms with van der Waals surface area (Å²) in [6.07, 6.45) is 0. The zero-order chi connectivity index (χ0) is 15.6. The minimum Gasteiger partial charge on any atom is -0.497 e. The van der Waals surface area contributed by atoms with Crippen LogP contribution in [0.25, 0.3) is 0 Å². The Morgan fingerprint density at radius 3 is 2.57 bits per heavy atom. The van der Waals surface area contributed by atoms with Crippen LogP contribution in [-0.2, 0) is 0 Å². The molecule has 21 heavy (non-hydrogen) atoms. The maximum atomic E-state index is 13.8. The van der Waals surface area contributed by atoms with Crippen molar-refractivity contribution in [1.82, 2.24) is 0 Å². The minimum atomic E-state index is -0.247. The summed E-state index contributed by atoms with van der Waals surface area (Å²) in [6.45, 7) is 3.61. The lowest BCUT2D eigenvalue weighted by Crippen LogP contribution is -2.16. The molecule has 0 heterocycles. The van der Waals surface area contributed by atoms with Crippen LogP contribution >= 0.6 is 0 Å². The van der Waals surface area contributed by atoms with E-state index in [1.807, 2.05) is 49.2 Å². The maximum Gasteiger partial charge on any atom is 0.126 e. The highest BCUT2D eigenvalue weighted by Crippen LogP contribution is 2.33. The first-order valence-corrected chi connectivity index (χ1v) is 6.87. The van der Waals surface area contributed by atoms with E-state index in [1.54, 1.807) is 14.0 Å². The number of benzene rings is 2. The fourth-order valence-electron chi connectivity index (χ4n) is 2.30. The molecular weight excluding hydrogens is 267 g/mol. The molecule has 0 amide bonds. The van der Waals surface area contributed by atoms with Crippen molar-refractivity contribution in [1.29, 1.82) is 0 Å². The minimum absolute atomic E-state index is 0.231. The molecule has 112 valence electrons. The average molecular weight is 288 g/mol. The monoisotopic (exact) mass is 288 g/mol. The highest BCUT2D eigenvalue weighted by Gasteiger charge is 2.15. The lowest BCUT2D eigenvalue weighted by Gasteiger charge is -2.25. The number of halogens is 1. The fraction of sp³-hybridized carbons (Fsp3) is 0.294. The molecule has 1 atom stereocenters. The Morgan fingerprint density at radius 1 is 1.24 bits per heavy atom. The number of hydrogen-bond donors (Lipinski definition) is 1. The molecule has 0 bridgehead atoms. The van der Waals surface area contributed by atoms with E-state index in [1.165, 1.54) is 6.07 Å². The van der Waals surface area contributed by atoms with Crippen molar-refractivity contribution >= 4 is 11.4 Å². The molecule has 2 aromatic carbocycles. The van der Waals surface area contributed by atoms with Crippen LogP contribution in [0.5, 0.6) is 5.75 Å². The Kier molecular flexibility index (Phi) is 4.48. The highest BCUT2D eigenvalue weighted by atomic mass is 19.1. The average Bonchev–Trinajstić information content (AvgIpc) is 2.48. The number of ether oxygens (including phenoxy) is 1. The van der Waals surface area contributed by atoms with Crippen molar-refractivity contribution in [3.8, 4) is 5.75 Å². The predicted octanol–water partition coefficient (Wildman–Crippen LogP) is 3.93. The Labute approximate surface area is 125 Å². The summed E-state index contributed by atoms with van der Waals surface area (Å²) in [5, 5.41) is 0. The van der Waals surface area contributed by atoms with Crippen LogP contribution in [0.2, 0.25) is 0 Å². The van der Waals surface area contributed by atoms with Gasteiger partial charge >= 0.3 is 0 Å². The third-order valence-electron chi connectivity index (χ3n) is 3.60. The molecule has 0 saturated carbocycles. The number of methoxy groups -OCH3 is 1. The van der Waals surface area contributed by atoms with Crippen molar-refractivity contribution in [3.63, 3.8) is 0 Å². The van der Waals surface area contributed by atoms with Crippen molar-refractivity contribution in [2.45, 2.75) is 19.9 Å². The molecule has 2 aromatic rings. The molecule has 3 nitrogen and oxygen atoms in total. The summed E-state index contributed by atoms with van der Waals surface area (Å²) < 4.78 is 19.1. The van der Waals surface area contributed by atoms with Crippen LogP contribution in [-0.4, -0.2) is 14.2 Å². The second-order valence-corrected chi connectivity index (χ2v) is 5.21. The maximum absolute atomic E-state index is 13.8. The molecule has 0 aromatic heterocycles. The predicted molar refractivity (Wildman–Crippen MR) is 84.8 cm³/mol. The molecule has 0 unspecified atom stereocenters. The number of hydrogen-bond acceptors (Lipinski definition) is 3. The van der Waals surface area contributed by atoms with Gasteiger partial charge in [0.1, 0.15) is 11.6 Å². The van der Waals surface area contributed by atoms with Gasteiger partial charge in [-0.15, -0.1) is 0 Å². The number of nitrogens with two attached hydrogens (primary N) is 1. The van der Waals surface area contributed by atoms with Gasteiger partial charge in [0.25, 0.3) is 0 Å².